The van der Waals surface area contributed by atoms with Gasteiger partial charge in [0.2, 0.25) is 5.88 Å². The molecule has 0 spiro atoms. The molecule has 134 valence electrons. The first kappa shape index (κ1) is 18.3. The maximum Gasteiger partial charge on any atom is 0.348 e. The Labute approximate surface area is 158 Å². The SMILES string of the molecule is COC(=O)c1sc2nc(C)nc(Oc3ccc(C(C)=O)cc3Cl)c2c1C. The predicted octanol–water partition coefficient (Wildman–Crippen LogP) is 4.74. The van der Waals surface area contributed by atoms with Gasteiger partial charge in [-0.1, -0.05) is 11.6 Å². The van der Waals surface area contributed by atoms with Gasteiger partial charge in [-0.25, -0.2) is 9.78 Å². The molecule has 2 heterocycles. The average Bonchev–Trinajstić information content (AvgIpc) is 2.92. The number of aromatic nitrogens is 2. The van der Waals surface area contributed by atoms with Crippen LogP contribution in [0.5, 0.6) is 11.6 Å². The molecule has 0 fully saturated rings. The van der Waals surface area contributed by atoms with E-state index in [4.69, 9.17) is 21.1 Å². The maximum atomic E-state index is 12.0. The van der Waals surface area contributed by atoms with E-state index in [9.17, 15) is 9.59 Å². The molecule has 0 aliphatic heterocycles. The minimum Gasteiger partial charge on any atom is -0.465 e. The second-order valence-corrected chi connectivity index (χ2v) is 7.01. The number of thiophene rings is 1. The van der Waals surface area contributed by atoms with E-state index >= 15 is 0 Å². The van der Waals surface area contributed by atoms with Crippen molar-refractivity contribution in [2.75, 3.05) is 7.11 Å². The lowest BCUT2D eigenvalue weighted by Crippen LogP contribution is -2.00. The zero-order valence-corrected chi connectivity index (χ0v) is 16.1. The lowest BCUT2D eigenvalue weighted by Gasteiger charge is -2.10. The number of hydrogen-bond acceptors (Lipinski definition) is 7. The van der Waals surface area contributed by atoms with Gasteiger partial charge >= 0.3 is 5.97 Å². The highest BCUT2D eigenvalue weighted by Crippen LogP contribution is 2.38. The lowest BCUT2D eigenvalue weighted by atomic mass is 10.1. The largest absolute Gasteiger partial charge is 0.465 e. The van der Waals surface area contributed by atoms with Crippen LogP contribution in [-0.4, -0.2) is 28.8 Å². The number of aryl methyl sites for hydroxylation is 2. The summed E-state index contributed by atoms with van der Waals surface area (Å²) in [5.41, 5.74) is 1.18. The number of hydrogen-bond donors (Lipinski definition) is 0. The van der Waals surface area contributed by atoms with Crippen molar-refractivity contribution >= 4 is 44.9 Å². The molecule has 0 atom stereocenters. The third-order valence-corrected chi connectivity index (χ3v) is 5.25. The number of fused-ring (bicyclic) bond motifs is 1. The number of ketones is 1. The molecule has 0 saturated carbocycles. The van der Waals surface area contributed by atoms with Crippen LogP contribution in [-0.2, 0) is 4.74 Å². The van der Waals surface area contributed by atoms with Crippen molar-refractivity contribution in [3.63, 3.8) is 0 Å². The second kappa shape index (κ2) is 7.01. The van der Waals surface area contributed by atoms with Gasteiger partial charge in [0.1, 0.15) is 21.3 Å². The zero-order chi connectivity index (χ0) is 19.0. The Hall–Kier alpha value is -2.51. The maximum absolute atomic E-state index is 12.0. The van der Waals surface area contributed by atoms with Crippen LogP contribution in [0.1, 0.15) is 38.3 Å². The third-order valence-electron chi connectivity index (χ3n) is 3.78. The number of carbonyl (C=O) groups is 2. The first-order chi connectivity index (χ1) is 12.3. The van der Waals surface area contributed by atoms with Gasteiger partial charge in [-0.05, 0) is 44.5 Å². The van der Waals surface area contributed by atoms with E-state index in [0.717, 1.165) is 0 Å². The highest BCUT2D eigenvalue weighted by molar-refractivity contribution is 7.20. The smallest absolute Gasteiger partial charge is 0.348 e. The molecule has 0 saturated heterocycles. The van der Waals surface area contributed by atoms with Gasteiger partial charge in [-0.15, -0.1) is 11.3 Å². The van der Waals surface area contributed by atoms with Gasteiger partial charge < -0.3 is 9.47 Å². The van der Waals surface area contributed by atoms with Crippen molar-refractivity contribution in [2.45, 2.75) is 20.8 Å². The number of ether oxygens (including phenoxy) is 2. The fourth-order valence-electron chi connectivity index (χ4n) is 2.47. The predicted molar refractivity (Wildman–Crippen MR) is 99.8 cm³/mol. The van der Waals surface area contributed by atoms with E-state index in [1.165, 1.54) is 25.4 Å². The van der Waals surface area contributed by atoms with E-state index in [-0.39, 0.29) is 5.78 Å². The number of rotatable bonds is 4. The summed E-state index contributed by atoms with van der Waals surface area (Å²) in [6.45, 7) is 4.99. The molecule has 0 radical (unpaired) electrons. The summed E-state index contributed by atoms with van der Waals surface area (Å²) in [5, 5.41) is 0.927. The summed E-state index contributed by atoms with van der Waals surface area (Å²) in [4.78, 5) is 33.2. The number of nitrogens with zero attached hydrogens (tertiary/aromatic N) is 2. The van der Waals surface area contributed by atoms with Gasteiger partial charge in [-0.3, -0.25) is 4.79 Å². The third kappa shape index (κ3) is 3.27. The average molecular weight is 391 g/mol. The molecule has 0 aliphatic rings. The topological polar surface area (TPSA) is 78.4 Å². The minimum absolute atomic E-state index is 0.0879. The molecule has 6 nitrogen and oxygen atoms in total. The Morgan fingerprint density at radius 3 is 2.54 bits per heavy atom. The van der Waals surface area contributed by atoms with Crippen LogP contribution in [0, 0.1) is 13.8 Å². The van der Waals surface area contributed by atoms with Crippen molar-refractivity contribution in [1.82, 2.24) is 9.97 Å². The summed E-state index contributed by atoms with van der Waals surface area (Å²) in [7, 11) is 1.33. The molecule has 0 aliphatic carbocycles. The van der Waals surface area contributed by atoms with Crippen molar-refractivity contribution in [3.8, 4) is 11.6 Å². The highest BCUT2D eigenvalue weighted by atomic mass is 35.5. The van der Waals surface area contributed by atoms with Crippen LogP contribution in [0.15, 0.2) is 18.2 Å². The molecule has 26 heavy (non-hydrogen) atoms. The van der Waals surface area contributed by atoms with E-state index < -0.39 is 5.97 Å². The van der Waals surface area contributed by atoms with Crippen LogP contribution in [0.3, 0.4) is 0 Å². The van der Waals surface area contributed by atoms with E-state index in [1.54, 1.807) is 32.0 Å². The summed E-state index contributed by atoms with van der Waals surface area (Å²) in [6, 6.07) is 4.80. The number of methoxy groups -OCH3 is 1. The van der Waals surface area contributed by atoms with Crippen molar-refractivity contribution in [2.24, 2.45) is 0 Å². The van der Waals surface area contributed by atoms with Crippen LogP contribution in [0.4, 0.5) is 0 Å². The Morgan fingerprint density at radius 2 is 1.92 bits per heavy atom. The highest BCUT2D eigenvalue weighted by Gasteiger charge is 2.22. The monoisotopic (exact) mass is 390 g/mol. The molecule has 0 amide bonds. The number of Topliss-reactive ketones (excluding diaryl/α,β-unsaturated/α-hetero) is 1. The second-order valence-electron chi connectivity index (χ2n) is 5.61. The normalized spacial score (nSPS) is 10.8. The molecular formula is C18H15ClN2O4S. The van der Waals surface area contributed by atoms with Crippen molar-refractivity contribution in [3.05, 3.63) is 45.1 Å². The fourth-order valence-corrected chi connectivity index (χ4v) is 3.83. The molecule has 1 aromatic carbocycles. The van der Waals surface area contributed by atoms with Gasteiger partial charge in [-0.2, -0.15) is 4.98 Å². The summed E-state index contributed by atoms with van der Waals surface area (Å²) >= 11 is 7.46. The molecular weight excluding hydrogens is 376 g/mol. The number of esters is 1. The van der Waals surface area contributed by atoms with E-state index in [0.29, 0.717) is 48.7 Å². The quantitative estimate of drug-likeness (QED) is 0.472. The molecule has 0 N–H and O–H groups in total. The minimum atomic E-state index is -0.432. The van der Waals surface area contributed by atoms with Crippen molar-refractivity contribution < 1.29 is 19.1 Å². The van der Waals surface area contributed by atoms with Crippen LogP contribution < -0.4 is 4.74 Å². The summed E-state index contributed by atoms with van der Waals surface area (Å²) in [5.74, 6) is 0.643. The Balaban J connectivity index is 2.12. The van der Waals surface area contributed by atoms with Gasteiger partial charge in [0.15, 0.2) is 5.78 Å². The molecule has 3 rings (SSSR count). The van der Waals surface area contributed by atoms with Gasteiger partial charge in [0.25, 0.3) is 0 Å². The Bertz CT molecular complexity index is 1050. The van der Waals surface area contributed by atoms with Gasteiger partial charge in [0, 0.05) is 5.56 Å². The Kier molecular flexibility index (Phi) is 4.93. The first-order valence-electron chi connectivity index (χ1n) is 7.66. The van der Waals surface area contributed by atoms with Crippen LogP contribution in [0.25, 0.3) is 10.2 Å². The standard InChI is InChI=1S/C18H15ClN2O4S/c1-8-14-16(25-13-6-5-11(9(2)22)7-12(13)19)20-10(3)21-17(14)26-15(8)18(23)24-4/h5-7H,1-4H3. The van der Waals surface area contributed by atoms with Crippen LogP contribution >= 0.6 is 22.9 Å². The lowest BCUT2D eigenvalue weighted by molar-refractivity contribution is 0.0605. The summed E-state index contributed by atoms with van der Waals surface area (Å²) in [6.07, 6.45) is 0. The fraction of sp³-hybridized carbons (Fsp3) is 0.222. The summed E-state index contributed by atoms with van der Waals surface area (Å²) < 4.78 is 10.7. The number of halogens is 1. The zero-order valence-electron chi connectivity index (χ0n) is 14.5. The Morgan fingerprint density at radius 1 is 1.19 bits per heavy atom. The molecule has 3 aromatic rings. The van der Waals surface area contributed by atoms with Crippen molar-refractivity contribution in [1.29, 1.82) is 0 Å². The van der Waals surface area contributed by atoms with Crippen LogP contribution in [0.2, 0.25) is 5.02 Å². The number of benzene rings is 1. The molecule has 8 heteroatoms. The molecule has 2 aromatic heterocycles. The van der Waals surface area contributed by atoms with E-state index in [2.05, 4.69) is 9.97 Å². The van der Waals surface area contributed by atoms with Gasteiger partial charge in [0.05, 0.1) is 17.5 Å². The molecule has 0 bridgehead atoms. The number of carbonyl (C=O) groups excluding carboxylic acids is 2. The van der Waals surface area contributed by atoms with E-state index in [1.807, 2.05) is 0 Å². The first-order valence-corrected chi connectivity index (χ1v) is 8.85. The molecule has 0 unspecified atom stereocenters.